The van der Waals surface area contributed by atoms with Crippen molar-refractivity contribution in [2.75, 3.05) is 12.8 Å². The molecule has 2 rings (SSSR count). The largest absolute Gasteiger partial charge is 0.504 e. The van der Waals surface area contributed by atoms with Crippen LogP contribution in [-0.2, 0) is 0 Å². The predicted octanol–water partition coefficient (Wildman–Crippen LogP) is 2.71. The van der Waals surface area contributed by atoms with E-state index in [9.17, 15) is 5.11 Å². The van der Waals surface area contributed by atoms with Gasteiger partial charge in [0.25, 0.3) is 0 Å². The SMILES string of the molecule is COc1c(O)cc(Br)c(C)c1-c1cc(N)no1. The van der Waals surface area contributed by atoms with Gasteiger partial charge < -0.3 is 20.1 Å². The van der Waals surface area contributed by atoms with Crippen LogP contribution in [0.2, 0.25) is 0 Å². The number of phenolic OH excluding ortho intramolecular Hbond substituents is 1. The molecule has 2 aromatic rings. The molecular formula is C11H11BrN2O3. The number of nitrogens with zero attached hydrogens (tertiary/aromatic N) is 1. The second-order valence-electron chi connectivity index (χ2n) is 3.53. The first kappa shape index (κ1) is 11.8. The first-order valence-corrected chi connectivity index (χ1v) is 5.62. The molecule has 0 saturated carbocycles. The number of nitrogen functional groups attached to an aromatic ring is 1. The van der Waals surface area contributed by atoms with Gasteiger partial charge in [-0.15, -0.1) is 0 Å². The zero-order valence-corrected chi connectivity index (χ0v) is 10.9. The van der Waals surface area contributed by atoms with Crippen molar-refractivity contribution in [2.45, 2.75) is 6.92 Å². The number of aromatic hydroxyl groups is 1. The summed E-state index contributed by atoms with van der Waals surface area (Å²) in [5, 5.41) is 13.4. The molecule has 6 heteroatoms. The zero-order valence-electron chi connectivity index (χ0n) is 9.32. The van der Waals surface area contributed by atoms with Crippen molar-refractivity contribution in [3.05, 3.63) is 22.2 Å². The lowest BCUT2D eigenvalue weighted by Crippen LogP contribution is -1.92. The second-order valence-corrected chi connectivity index (χ2v) is 4.38. The lowest BCUT2D eigenvalue weighted by Gasteiger charge is -2.12. The number of ether oxygens (including phenoxy) is 1. The van der Waals surface area contributed by atoms with E-state index in [1.54, 1.807) is 12.1 Å². The van der Waals surface area contributed by atoms with E-state index in [0.29, 0.717) is 17.1 Å². The minimum atomic E-state index is 0.0231. The number of rotatable bonds is 2. The van der Waals surface area contributed by atoms with Gasteiger partial charge in [-0.2, -0.15) is 0 Å². The molecule has 0 aliphatic heterocycles. The van der Waals surface area contributed by atoms with E-state index < -0.39 is 0 Å². The van der Waals surface area contributed by atoms with E-state index in [1.807, 2.05) is 6.92 Å². The predicted molar refractivity (Wildman–Crippen MR) is 67.0 cm³/mol. The van der Waals surface area contributed by atoms with Crippen molar-refractivity contribution in [1.29, 1.82) is 0 Å². The number of anilines is 1. The Bertz CT molecular complexity index is 566. The lowest BCUT2D eigenvalue weighted by atomic mass is 10.0. The molecule has 1 heterocycles. The third kappa shape index (κ3) is 1.95. The van der Waals surface area contributed by atoms with Gasteiger partial charge in [0, 0.05) is 10.5 Å². The van der Waals surface area contributed by atoms with E-state index in [0.717, 1.165) is 10.0 Å². The highest BCUT2D eigenvalue weighted by atomic mass is 79.9. The topological polar surface area (TPSA) is 81.5 Å². The summed E-state index contributed by atoms with van der Waals surface area (Å²) in [5.74, 6) is 1.09. The third-order valence-corrected chi connectivity index (χ3v) is 3.26. The molecule has 0 bridgehead atoms. The summed E-state index contributed by atoms with van der Waals surface area (Å²) in [6.45, 7) is 1.88. The van der Waals surface area contributed by atoms with Crippen LogP contribution in [0, 0.1) is 6.92 Å². The van der Waals surface area contributed by atoms with Crippen LogP contribution in [0.5, 0.6) is 11.5 Å². The van der Waals surface area contributed by atoms with Gasteiger partial charge in [-0.3, -0.25) is 0 Å². The van der Waals surface area contributed by atoms with Gasteiger partial charge in [0.05, 0.1) is 12.7 Å². The molecule has 0 unspecified atom stereocenters. The number of phenols is 1. The number of halogens is 1. The Kier molecular flexibility index (Phi) is 2.97. The number of benzene rings is 1. The maximum absolute atomic E-state index is 9.82. The van der Waals surface area contributed by atoms with E-state index in [1.165, 1.54) is 7.11 Å². The number of methoxy groups -OCH3 is 1. The average molecular weight is 299 g/mol. The van der Waals surface area contributed by atoms with Crippen LogP contribution in [-0.4, -0.2) is 17.4 Å². The van der Waals surface area contributed by atoms with Gasteiger partial charge in [-0.25, -0.2) is 0 Å². The summed E-state index contributed by atoms with van der Waals surface area (Å²) in [5.41, 5.74) is 7.01. The van der Waals surface area contributed by atoms with Crippen molar-refractivity contribution in [1.82, 2.24) is 5.16 Å². The number of nitrogens with two attached hydrogens (primary N) is 1. The van der Waals surface area contributed by atoms with Gasteiger partial charge in [-0.1, -0.05) is 21.1 Å². The van der Waals surface area contributed by atoms with E-state index in [4.69, 9.17) is 15.0 Å². The average Bonchev–Trinajstić information content (AvgIpc) is 2.69. The monoisotopic (exact) mass is 298 g/mol. The van der Waals surface area contributed by atoms with Crippen LogP contribution in [0.4, 0.5) is 5.82 Å². The Balaban J connectivity index is 2.74. The summed E-state index contributed by atoms with van der Waals surface area (Å²) < 4.78 is 11.0. The standard InChI is InChI=1S/C11H11BrN2O3/c1-5-6(12)3-7(15)11(16-2)10(5)8-4-9(13)14-17-8/h3-4,15H,1-2H3,(H2,13,14). The highest BCUT2D eigenvalue weighted by Gasteiger charge is 2.19. The van der Waals surface area contributed by atoms with Crippen molar-refractivity contribution in [3.8, 4) is 22.8 Å². The maximum atomic E-state index is 9.82. The highest BCUT2D eigenvalue weighted by Crippen LogP contribution is 2.43. The molecule has 0 radical (unpaired) electrons. The van der Waals surface area contributed by atoms with Crippen molar-refractivity contribution in [2.24, 2.45) is 0 Å². The quantitative estimate of drug-likeness (QED) is 0.891. The second kappa shape index (κ2) is 4.29. The van der Waals surface area contributed by atoms with Gasteiger partial charge in [0.15, 0.2) is 23.1 Å². The van der Waals surface area contributed by atoms with Crippen molar-refractivity contribution < 1.29 is 14.4 Å². The fraction of sp³-hybridized carbons (Fsp3) is 0.182. The molecule has 90 valence electrons. The Hall–Kier alpha value is -1.69. The molecular weight excluding hydrogens is 288 g/mol. The molecule has 0 fully saturated rings. The Labute approximate surface area is 106 Å². The number of hydrogen-bond donors (Lipinski definition) is 2. The summed E-state index contributed by atoms with van der Waals surface area (Å²) >= 11 is 3.36. The Morgan fingerprint density at radius 2 is 2.18 bits per heavy atom. The first-order valence-electron chi connectivity index (χ1n) is 4.83. The molecule has 0 spiro atoms. The van der Waals surface area contributed by atoms with Gasteiger partial charge in [-0.05, 0) is 18.6 Å². The molecule has 0 atom stereocenters. The number of hydrogen-bond acceptors (Lipinski definition) is 5. The summed E-state index contributed by atoms with van der Waals surface area (Å²) in [6, 6.07) is 3.15. The number of aromatic nitrogens is 1. The molecule has 5 nitrogen and oxygen atoms in total. The molecule has 3 N–H and O–H groups in total. The molecule has 0 aliphatic rings. The molecule has 17 heavy (non-hydrogen) atoms. The Morgan fingerprint density at radius 1 is 1.47 bits per heavy atom. The normalized spacial score (nSPS) is 10.5. The third-order valence-electron chi connectivity index (χ3n) is 2.44. The van der Waals surface area contributed by atoms with Crippen LogP contribution in [0.3, 0.4) is 0 Å². The van der Waals surface area contributed by atoms with E-state index >= 15 is 0 Å². The van der Waals surface area contributed by atoms with E-state index in [2.05, 4.69) is 21.1 Å². The molecule has 1 aromatic carbocycles. The van der Waals surface area contributed by atoms with Crippen LogP contribution < -0.4 is 10.5 Å². The first-order chi connectivity index (χ1) is 8.04. The van der Waals surface area contributed by atoms with Gasteiger partial charge in [0.2, 0.25) is 0 Å². The van der Waals surface area contributed by atoms with Crippen molar-refractivity contribution in [3.63, 3.8) is 0 Å². The van der Waals surface area contributed by atoms with E-state index in [-0.39, 0.29) is 11.6 Å². The molecule has 1 aromatic heterocycles. The lowest BCUT2D eigenvalue weighted by molar-refractivity contribution is 0.370. The van der Waals surface area contributed by atoms with Gasteiger partial charge in [0.1, 0.15) is 0 Å². The maximum Gasteiger partial charge on any atom is 0.173 e. The van der Waals surface area contributed by atoms with Crippen LogP contribution in [0.25, 0.3) is 11.3 Å². The van der Waals surface area contributed by atoms with Crippen LogP contribution in [0.1, 0.15) is 5.56 Å². The van der Waals surface area contributed by atoms with Crippen LogP contribution in [0.15, 0.2) is 21.1 Å². The summed E-state index contributed by atoms with van der Waals surface area (Å²) in [7, 11) is 1.48. The Morgan fingerprint density at radius 3 is 2.71 bits per heavy atom. The zero-order chi connectivity index (χ0) is 12.6. The minimum absolute atomic E-state index is 0.0231. The summed E-state index contributed by atoms with van der Waals surface area (Å²) in [4.78, 5) is 0. The fourth-order valence-corrected chi connectivity index (χ4v) is 2.04. The smallest absolute Gasteiger partial charge is 0.173 e. The van der Waals surface area contributed by atoms with Gasteiger partial charge >= 0.3 is 0 Å². The molecule has 0 aliphatic carbocycles. The minimum Gasteiger partial charge on any atom is -0.504 e. The highest BCUT2D eigenvalue weighted by molar-refractivity contribution is 9.10. The summed E-state index contributed by atoms with van der Waals surface area (Å²) in [6.07, 6.45) is 0. The molecule has 0 amide bonds. The van der Waals surface area contributed by atoms with Crippen molar-refractivity contribution >= 4 is 21.7 Å². The fourth-order valence-electron chi connectivity index (χ4n) is 1.62. The molecule has 0 saturated heterocycles. The van der Waals surface area contributed by atoms with Crippen LogP contribution >= 0.6 is 15.9 Å².